The maximum Gasteiger partial charge on any atom is 0.146 e. The van der Waals surface area contributed by atoms with E-state index < -0.39 is 0 Å². The fourth-order valence-corrected chi connectivity index (χ4v) is 4.64. The highest BCUT2D eigenvalue weighted by atomic mass is 79.9. The summed E-state index contributed by atoms with van der Waals surface area (Å²) in [5.74, 6) is 0.827. The first-order valence-electron chi connectivity index (χ1n) is 9.55. The van der Waals surface area contributed by atoms with E-state index >= 15 is 0 Å². The van der Waals surface area contributed by atoms with Crippen LogP contribution in [-0.2, 0) is 0 Å². The van der Waals surface area contributed by atoms with Gasteiger partial charge in [-0.05, 0) is 52.3 Å². The Morgan fingerprint density at radius 3 is 2.50 bits per heavy atom. The molecule has 0 saturated heterocycles. The third-order valence-electron chi connectivity index (χ3n) is 5.38. The van der Waals surface area contributed by atoms with E-state index in [9.17, 15) is 0 Å². The highest BCUT2D eigenvalue weighted by Crippen LogP contribution is 2.40. The number of rotatable bonds is 2. The molecule has 0 amide bonds. The summed E-state index contributed by atoms with van der Waals surface area (Å²) in [6.07, 6.45) is 0. The Labute approximate surface area is 185 Å². The summed E-state index contributed by atoms with van der Waals surface area (Å²) in [4.78, 5) is 5.01. The van der Waals surface area contributed by atoms with Crippen molar-refractivity contribution in [1.29, 1.82) is 0 Å². The van der Waals surface area contributed by atoms with Gasteiger partial charge in [-0.25, -0.2) is 4.98 Å². The van der Waals surface area contributed by atoms with Crippen molar-refractivity contribution in [2.75, 3.05) is 0 Å². The van der Waals surface area contributed by atoms with Gasteiger partial charge in [-0.2, -0.15) is 0 Å². The van der Waals surface area contributed by atoms with Crippen LogP contribution in [0.2, 0.25) is 5.02 Å². The number of para-hydroxylation sites is 3. The lowest BCUT2D eigenvalue weighted by atomic mass is 10.1. The van der Waals surface area contributed by atoms with Crippen molar-refractivity contribution in [3.63, 3.8) is 0 Å². The number of fused-ring (bicyclic) bond motifs is 4. The predicted molar refractivity (Wildman–Crippen MR) is 126 cm³/mol. The van der Waals surface area contributed by atoms with E-state index in [1.54, 1.807) is 0 Å². The summed E-state index contributed by atoms with van der Waals surface area (Å²) in [5, 5.41) is 2.77. The molecule has 0 saturated carbocycles. The fourth-order valence-electron chi connectivity index (χ4n) is 4.08. The highest BCUT2D eigenvalue weighted by Gasteiger charge is 2.20. The number of aromatic nitrogens is 2. The first-order valence-corrected chi connectivity index (χ1v) is 10.7. The first kappa shape index (κ1) is 17.8. The summed E-state index contributed by atoms with van der Waals surface area (Å²) >= 11 is 10.3. The summed E-state index contributed by atoms with van der Waals surface area (Å²) in [7, 11) is 0. The lowest BCUT2D eigenvalue weighted by Crippen LogP contribution is -1.99. The lowest BCUT2D eigenvalue weighted by Gasteiger charge is -2.13. The summed E-state index contributed by atoms with van der Waals surface area (Å²) < 4.78 is 9.08. The Bertz CT molecular complexity index is 1580. The van der Waals surface area contributed by atoms with Crippen LogP contribution >= 0.6 is 27.5 Å². The fraction of sp³-hybridized carbons (Fsp3) is 0. The molecule has 0 bridgehead atoms. The molecule has 0 N–H and O–H groups in total. The monoisotopic (exact) mass is 472 g/mol. The normalized spacial score (nSPS) is 11.7. The van der Waals surface area contributed by atoms with Gasteiger partial charge in [-0.15, -0.1) is 0 Å². The van der Waals surface area contributed by atoms with Gasteiger partial charge in [0.1, 0.15) is 17.0 Å². The molecule has 144 valence electrons. The standard InChI is InChI=1S/C25H14BrClN2O/c26-17-9-6-12-20(24(17)27)29-19-11-3-2-10-18(19)28-25(29)16-8-5-14-22-23(16)15-7-1-4-13-21(15)30-22/h1-14H. The molecule has 0 aliphatic carbocycles. The Morgan fingerprint density at radius 2 is 1.57 bits per heavy atom. The summed E-state index contributed by atoms with van der Waals surface area (Å²) in [6.45, 7) is 0. The molecule has 6 aromatic rings. The van der Waals surface area contributed by atoms with Gasteiger partial charge in [-0.1, -0.05) is 60.1 Å². The molecule has 2 aromatic heterocycles. The van der Waals surface area contributed by atoms with Gasteiger partial charge < -0.3 is 4.42 Å². The molecule has 3 nitrogen and oxygen atoms in total. The Kier molecular flexibility index (Phi) is 3.98. The van der Waals surface area contributed by atoms with E-state index in [4.69, 9.17) is 21.0 Å². The van der Waals surface area contributed by atoms with E-state index in [1.807, 2.05) is 66.7 Å². The average molecular weight is 474 g/mol. The molecule has 2 heterocycles. The third kappa shape index (κ3) is 2.54. The number of nitrogens with zero attached hydrogens (tertiary/aromatic N) is 2. The van der Waals surface area contributed by atoms with Gasteiger partial charge in [0.2, 0.25) is 0 Å². The van der Waals surface area contributed by atoms with Crippen LogP contribution in [0.3, 0.4) is 0 Å². The van der Waals surface area contributed by atoms with E-state index in [-0.39, 0.29) is 0 Å². The molecule has 30 heavy (non-hydrogen) atoms. The van der Waals surface area contributed by atoms with E-state index in [1.165, 1.54) is 0 Å². The van der Waals surface area contributed by atoms with Crippen molar-refractivity contribution >= 4 is 60.5 Å². The number of halogens is 2. The molecule has 0 atom stereocenters. The maximum atomic E-state index is 6.72. The SMILES string of the molecule is Clc1c(Br)cccc1-n1c(-c2cccc3oc4ccccc4c23)nc2ccccc21. The van der Waals surface area contributed by atoms with Gasteiger partial charge in [0, 0.05) is 20.8 Å². The predicted octanol–water partition coefficient (Wildman–Crippen LogP) is 8.01. The number of furan rings is 1. The zero-order valence-electron chi connectivity index (χ0n) is 15.6. The molecule has 4 aromatic carbocycles. The van der Waals surface area contributed by atoms with Crippen molar-refractivity contribution in [3.05, 3.63) is 94.4 Å². The van der Waals surface area contributed by atoms with Crippen LogP contribution in [0.1, 0.15) is 0 Å². The van der Waals surface area contributed by atoms with Crippen LogP contribution in [0.4, 0.5) is 0 Å². The molecule has 6 rings (SSSR count). The number of benzene rings is 4. The molecule has 0 aliphatic heterocycles. The number of imidazole rings is 1. The maximum absolute atomic E-state index is 6.72. The van der Waals surface area contributed by atoms with E-state index in [0.717, 1.165) is 54.5 Å². The van der Waals surface area contributed by atoms with Crippen molar-refractivity contribution in [2.45, 2.75) is 0 Å². The van der Waals surface area contributed by atoms with Crippen LogP contribution in [0.15, 0.2) is 93.8 Å². The highest BCUT2D eigenvalue weighted by molar-refractivity contribution is 9.10. The van der Waals surface area contributed by atoms with E-state index in [0.29, 0.717) is 5.02 Å². The minimum Gasteiger partial charge on any atom is -0.456 e. The van der Waals surface area contributed by atoms with Crippen LogP contribution < -0.4 is 0 Å². The molecule has 0 fully saturated rings. The molecule has 0 aliphatic rings. The molecular formula is C25H14BrClN2O. The van der Waals surface area contributed by atoms with Gasteiger partial charge in [0.25, 0.3) is 0 Å². The first-order chi connectivity index (χ1) is 14.7. The van der Waals surface area contributed by atoms with Gasteiger partial charge in [-0.3, -0.25) is 4.57 Å². The Hall–Kier alpha value is -3.08. The second-order valence-corrected chi connectivity index (χ2v) is 8.34. The molecular weight excluding hydrogens is 460 g/mol. The smallest absolute Gasteiger partial charge is 0.146 e. The molecule has 0 spiro atoms. The molecule has 0 radical (unpaired) electrons. The minimum atomic E-state index is 0.645. The summed E-state index contributed by atoms with van der Waals surface area (Å²) in [5.41, 5.74) is 5.49. The Balaban J connectivity index is 1.78. The lowest BCUT2D eigenvalue weighted by molar-refractivity contribution is 0.669. The number of hydrogen-bond donors (Lipinski definition) is 0. The Morgan fingerprint density at radius 1 is 0.800 bits per heavy atom. The molecule has 5 heteroatoms. The van der Waals surface area contributed by atoms with Crippen molar-refractivity contribution < 1.29 is 4.42 Å². The van der Waals surface area contributed by atoms with Crippen LogP contribution in [-0.4, -0.2) is 9.55 Å². The second-order valence-electron chi connectivity index (χ2n) is 7.11. The van der Waals surface area contributed by atoms with Gasteiger partial charge in [0.05, 0.1) is 21.7 Å². The van der Waals surface area contributed by atoms with Crippen molar-refractivity contribution in [1.82, 2.24) is 9.55 Å². The number of hydrogen-bond acceptors (Lipinski definition) is 2. The average Bonchev–Trinajstić information content (AvgIpc) is 3.34. The van der Waals surface area contributed by atoms with Crippen LogP contribution in [0.5, 0.6) is 0 Å². The van der Waals surface area contributed by atoms with Gasteiger partial charge >= 0.3 is 0 Å². The minimum absolute atomic E-state index is 0.645. The summed E-state index contributed by atoms with van der Waals surface area (Å²) in [6, 6.07) is 28.2. The van der Waals surface area contributed by atoms with Crippen molar-refractivity contribution in [2.24, 2.45) is 0 Å². The van der Waals surface area contributed by atoms with Crippen LogP contribution in [0.25, 0.3) is 50.0 Å². The van der Waals surface area contributed by atoms with Gasteiger partial charge in [0.15, 0.2) is 0 Å². The molecule has 0 unspecified atom stereocenters. The van der Waals surface area contributed by atoms with Crippen LogP contribution in [0, 0.1) is 0 Å². The zero-order chi connectivity index (χ0) is 20.2. The second kappa shape index (κ2) is 6.73. The largest absolute Gasteiger partial charge is 0.456 e. The van der Waals surface area contributed by atoms with Crippen molar-refractivity contribution in [3.8, 4) is 17.1 Å². The third-order valence-corrected chi connectivity index (χ3v) is 6.66. The quantitative estimate of drug-likeness (QED) is 0.255. The topological polar surface area (TPSA) is 31.0 Å². The van der Waals surface area contributed by atoms with E-state index in [2.05, 4.69) is 38.7 Å². The zero-order valence-corrected chi connectivity index (χ0v) is 18.0.